The highest BCUT2D eigenvalue weighted by Crippen LogP contribution is 2.26. The topological polar surface area (TPSA) is 137 Å². The summed E-state index contributed by atoms with van der Waals surface area (Å²) in [6.07, 6.45) is 3.59. The van der Waals surface area contributed by atoms with E-state index in [9.17, 15) is 9.59 Å². The first kappa shape index (κ1) is 24.4. The lowest BCUT2D eigenvalue weighted by atomic mass is 10.2. The zero-order valence-corrected chi connectivity index (χ0v) is 20.2. The number of rotatable bonds is 6. The fraction of sp³-hybridized carbons (Fsp3) is 0.250. The zero-order valence-electron chi connectivity index (χ0n) is 20.2. The SMILES string of the molecule is CN(/N=N/c1nc(OCc2ccccc2)c2ncn(C(=O)OC(C)(C)C)c2n1)C(=O)c1cccnc1. The molecule has 1 aromatic carbocycles. The molecule has 0 radical (unpaired) electrons. The van der Waals surface area contributed by atoms with Crippen LogP contribution in [0.15, 0.2) is 71.5 Å². The van der Waals surface area contributed by atoms with E-state index in [-0.39, 0.29) is 29.6 Å². The van der Waals surface area contributed by atoms with Crippen LogP contribution in [0.5, 0.6) is 5.88 Å². The van der Waals surface area contributed by atoms with E-state index < -0.39 is 17.6 Å². The Morgan fingerprint density at radius 3 is 2.56 bits per heavy atom. The van der Waals surface area contributed by atoms with Crippen molar-refractivity contribution in [2.45, 2.75) is 33.0 Å². The first-order valence-corrected chi connectivity index (χ1v) is 11.0. The van der Waals surface area contributed by atoms with Gasteiger partial charge in [0.15, 0.2) is 11.2 Å². The van der Waals surface area contributed by atoms with Gasteiger partial charge < -0.3 is 9.47 Å². The van der Waals surface area contributed by atoms with Crippen LogP contribution in [0.3, 0.4) is 0 Å². The van der Waals surface area contributed by atoms with E-state index in [0.717, 1.165) is 15.1 Å². The summed E-state index contributed by atoms with van der Waals surface area (Å²) in [5.74, 6) is -0.463. The molecule has 0 aliphatic rings. The maximum absolute atomic E-state index is 12.7. The molecule has 0 saturated carbocycles. The predicted molar refractivity (Wildman–Crippen MR) is 129 cm³/mol. The van der Waals surface area contributed by atoms with Gasteiger partial charge in [-0.05, 0) is 38.5 Å². The predicted octanol–water partition coefficient (Wildman–Crippen LogP) is 4.35. The van der Waals surface area contributed by atoms with Gasteiger partial charge in [-0.25, -0.2) is 19.4 Å². The molecular formula is C24H24N8O4. The van der Waals surface area contributed by atoms with Crippen molar-refractivity contribution >= 4 is 29.1 Å². The molecule has 0 aliphatic heterocycles. The fourth-order valence-electron chi connectivity index (χ4n) is 3.00. The van der Waals surface area contributed by atoms with Crippen molar-refractivity contribution in [2.75, 3.05) is 7.05 Å². The van der Waals surface area contributed by atoms with Crippen molar-refractivity contribution in [3.05, 3.63) is 72.3 Å². The number of pyridine rings is 1. The van der Waals surface area contributed by atoms with E-state index in [1.54, 1.807) is 39.1 Å². The van der Waals surface area contributed by atoms with Gasteiger partial charge in [0.25, 0.3) is 11.9 Å². The Kier molecular flexibility index (Phi) is 6.95. The Bertz CT molecular complexity index is 1400. The number of carbonyl (C=O) groups is 2. The lowest BCUT2D eigenvalue weighted by Crippen LogP contribution is -2.26. The van der Waals surface area contributed by atoms with Crippen LogP contribution < -0.4 is 4.74 Å². The molecule has 12 heteroatoms. The van der Waals surface area contributed by atoms with Crippen LogP contribution in [0.4, 0.5) is 10.7 Å². The number of hydrogen-bond acceptors (Lipinski definition) is 10. The number of ether oxygens (including phenoxy) is 2. The molecule has 12 nitrogen and oxygen atoms in total. The zero-order chi connectivity index (χ0) is 25.7. The molecule has 4 rings (SSSR count). The average Bonchev–Trinajstić information content (AvgIpc) is 3.30. The van der Waals surface area contributed by atoms with Crippen LogP contribution in [0.25, 0.3) is 11.2 Å². The smallest absolute Gasteiger partial charge is 0.421 e. The Morgan fingerprint density at radius 1 is 1.08 bits per heavy atom. The van der Waals surface area contributed by atoms with Crippen LogP contribution in [0.2, 0.25) is 0 Å². The lowest BCUT2D eigenvalue weighted by molar-refractivity contribution is 0.0542. The van der Waals surface area contributed by atoms with Crippen molar-refractivity contribution in [2.24, 2.45) is 10.3 Å². The van der Waals surface area contributed by atoms with Gasteiger partial charge >= 0.3 is 6.09 Å². The standard InChI is InChI=1S/C24H24N8O4/c1-24(2,3)36-23(34)32-15-26-18-19(32)27-22(28-20(18)35-14-16-9-6-5-7-10-16)29-30-31(4)21(33)17-11-8-12-25-13-17/h5-13,15H,14H2,1-4H3/b30-29+. The number of aromatic nitrogens is 5. The summed E-state index contributed by atoms with van der Waals surface area (Å²) in [6.45, 7) is 5.45. The minimum absolute atomic E-state index is 0.0985. The summed E-state index contributed by atoms with van der Waals surface area (Å²) < 4.78 is 12.5. The molecule has 1 amide bonds. The number of hydrogen-bond donors (Lipinski definition) is 0. The number of fused-ring (bicyclic) bond motifs is 1. The molecule has 4 aromatic rings. The Labute approximate surface area is 206 Å². The van der Waals surface area contributed by atoms with Crippen molar-refractivity contribution in [3.8, 4) is 5.88 Å². The second kappa shape index (κ2) is 10.3. The van der Waals surface area contributed by atoms with E-state index in [1.807, 2.05) is 30.3 Å². The van der Waals surface area contributed by atoms with E-state index >= 15 is 0 Å². The van der Waals surface area contributed by atoms with Crippen LogP contribution in [-0.2, 0) is 11.3 Å². The summed E-state index contributed by atoms with van der Waals surface area (Å²) in [5, 5.41) is 8.93. The molecule has 0 fully saturated rings. The summed E-state index contributed by atoms with van der Waals surface area (Å²) in [5.41, 5.74) is 0.879. The summed E-state index contributed by atoms with van der Waals surface area (Å²) in [6, 6.07) is 12.7. The maximum atomic E-state index is 12.7. The van der Waals surface area contributed by atoms with E-state index in [1.165, 1.54) is 19.6 Å². The van der Waals surface area contributed by atoms with Gasteiger partial charge in [-0.2, -0.15) is 9.97 Å². The van der Waals surface area contributed by atoms with Gasteiger partial charge in [-0.1, -0.05) is 40.7 Å². The van der Waals surface area contributed by atoms with Crippen LogP contribution >= 0.6 is 0 Å². The van der Waals surface area contributed by atoms with Crippen molar-refractivity contribution in [1.29, 1.82) is 0 Å². The lowest BCUT2D eigenvalue weighted by Gasteiger charge is -2.19. The Hall–Kier alpha value is -4.74. The van der Waals surface area contributed by atoms with Crippen molar-refractivity contribution < 1.29 is 19.1 Å². The number of amides is 1. The fourth-order valence-corrected chi connectivity index (χ4v) is 3.00. The quantitative estimate of drug-likeness (QED) is 0.288. The number of nitrogens with zero attached hydrogens (tertiary/aromatic N) is 8. The van der Waals surface area contributed by atoms with Crippen LogP contribution in [0, 0.1) is 0 Å². The normalized spacial score (nSPS) is 11.6. The van der Waals surface area contributed by atoms with Gasteiger partial charge in [0.2, 0.25) is 5.88 Å². The summed E-state index contributed by atoms with van der Waals surface area (Å²) in [4.78, 5) is 42.0. The molecule has 3 heterocycles. The van der Waals surface area contributed by atoms with E-state index in [0.29, 0.717) is 5.56 Å². The van der Waals surface area contributed by atoms with Gasteiger partial charge in [0.05, 0.1) is 5.56 Å². The maximum Gasteiger partial charge on any atom is 0.421 e. The molecule has 0 spiro atoms. The molecule has 0 bridgehead atoms. The molecule has 0 N–H and O–H groups in total. The van der Waals surface area contributed by atoms with E-state index in [2.05, 4.69) is 30.3 Å². The molecule has 184 valence electrons. The highest BCUT2D eigenvalue weighted by molar-refractivity contribution is 5.93. The van der Waals surface area contributed by atoms with Crippen LogP contribution in [0.1, 0.15) is 36.7 Å². The third-order valence-electron chi connectivity index (χ3n) is 4.63. The Morgan fingerprint density at radius 2 is 1.86 bits per heavy atom. The second-order valence-electron chi connectivity index (χ2n) is 8.63. The average molecular weight is 489 g/mol. The minimum Gasteiger partial charge on any atom is -0.471 e. The Balaban J connectivity index is 1.67. The van der Waals surface area contributed by atoms with Gasteiger partial charge in [-0.3, -0.25) is 9.78 Å². The van der Waals surface area contributed by atoms with E-state index in [4.69, 9.17) is 9.47 Å². The molecule has 36 heavy (non-hydrogen) atoms. The number of carbonyl (C=O) groups excluding carboxylic acids is 2. The minimum atomic E-state index is -0.731. The van der Waals surface area contributed by atoms with Gasteiger partial charge in [0, 0.05) is 19.4 Å². The summed E-state index contributed by atoms with van der Waals surface area (Å²) >= 11 is 0. The highest BCUT2D eigenvalue weighted by Gasteiger charge is 2.23. The monoisotopic (exact) mass is 488 g/mol. The second-order valence-corrected chi connectivity index (χ2v) is 8.63. The van der Waals surface area contributed by atoms with Crippen molar-refractivity contribution in [3.63, 3.8) is 0 Å². The van der Waals surface area contributed by atoms with Gasteiger partial charge in [0.1, 0.15) is 18.5 Å². The summed E-state index contributed by atoms with van der Waals surface area (Å²) in [7, 11) is 1.44. The molecule has 0 atom stereocenters. The number of benzene rings is 1. The largest absolute Gasteiger partial charge is 0.471 e. The highest BCUT2D eigenvalue weighted by atomic mass is 16.6. The molecular weight excluding hydrogens is 464 g/mol. The molecule has 0 aliphatic carbocycles. The first-order chi connectivity index (χ1) is 17.2. The number of imidazole rings is 1. The molecule has 3 aromatic heterocycles. The third-order valence-corrected chi connectivity index (χ3v) is 4.63. The molecule has 0 unspecified atom stereocenters. The van der Waals surface area contributed by atoms with Crippen molar-refractivity contribution in [1.82, 2.24) is 29.5 Å². The molecule has 0 saturated heterocycles. The van der Waals surface area contributed by atoms with Gasteiger partial charge in [-0.15, -0.1) is 0 Å². The van der Waals surface area contributed by atoms with Crippen LogP contribution in [-0.4, -0.2) is 54.2 Å². The third kappa shape index (κ3) is 5.84. The first-order valence-electron chi connectivity index (χ1n) is 11.0.